The minimum absolute atomic E-state index is 0.628. The predicted molar refractivity (Wildman–Crippen MR) is 61.6 cm³/mol. The van der Waals surface area contributed by atoms with Crippen LogP contribution in [0.25, 0.3) is 0 Å². The highest BCUT2D eigenvalue weighted by molar-refractivity contribution is 4.88. The van der Waals surface area contributed by atoms with E-state index in [2.05, 4.69) is 35.7 Å². The number of nitrogens with one attached hydrogen (secondary N) is 1. The van der Waals surface area contributed by atoms with E-state index in [1.165, 1.54) is 0 Å². The van der Waals surface area contributed by atoms with Gasteiger partial charge in [-0.15, -0.1) is 6.58 Å². The Morgan fingerprint density at radius 3 is 2.79 bits per heavy atom. The highest BCUT2D eigenvalue weighted by atomic mass is 15.3. The average Bonchev–Trinajstić information content (AvgIpc) is 2.14. The number of nitrogens with zero attached hydrogens (tertiary/aromatic N) is 2. The third-order valence-corrected chi connectivity index (χ3v) is 3.09. The molecular formula is C11H23N3. The van der Waals surface area contributed by atoms with E-state index in [4.69, 9.17) is 0 Å². The molecule has 82 valence electrons. The molecule has 0 aromatic carbocycles. The van der Waals surface area contributed by atoms with Crippen LogP contribution in [0.4, 0.5) is 0 Å². The second kappa shape index (κ2) is 5.49. The zero-order valence-electron chi connectivity index (χ0n) is 9.66. The van der Waals surface area contributed by atoms with Crippen LogP contribution in [-0.2, 0) is 0 Å². The lowest BCUT2D eigenvalue weighted by Crippen LogP contribution is -2.58. The molecule has 0 radical (unpaired) electrons. The summed E-state index contributed by atoms with van der Waals surface area (Å²) in [7, 11) is 4.24. The molecule has 1 N–H and O–H groups in total. The Hall–Kier alpha value is -0.380. The van der Waals surface area contributed by atoms with E-state index in [1.54, 1.807) is 0 Å². The maximum Gasteiger partial charge on any atom is 0.0348 e. The molecule has 1 aliphatic rings. The topological polar surface area (TPSA) is 18.5 Å². The first-order valence-corrected chi connectivity index (χ1v) is 5.38. The summed E-state index contributed by atoms with van der Waals surface area (Å²) >= 11 is 0. The lowest BCUT2D eigenvalue weighted by Gasteiger charge is -2.43. The van der Waals surface area contributed by atoms with Crippen LogP contribution in [0.1, 0.15) is 6.92 Å². The van der Waals surface area contributed by atoms with Gasteiger partial charge in [0, 0.05) is 38.3 Å². The summed E-state index contributed by atoms with van der Waals surface area (Å²) in [6, 6.07) is 1.27. The van der Waals surface area contributed by atoms with Gasteiger partial charge in [-0.1, -0.05) is 6.08 Å². The fourth-order valence-electron chi connectivity index (χ4n) is 2.14. The van der Waals surface area contributed by atoms with E-state index in [0.717, 1.165) is 26.2 Å². The second-order valence-corrected chi connectivity index (χ2v) is 4.23. The molecule has 1 saturated heterocycles. The van der Waals surface area contributed by atoms with Crippen molar-refractivity contribution in [2.45, 2.75) is 19.0 Å². The second-order valence-electron chi connectivity index (χ2n) is 4.23. The zero-order chi connectivity index (χ0) is 10.6. The van der Waals surface area contributed by atoms with Crippen molar-refractivity contribution in [2.75, 3.05) is 40.3 Å². The fraction of sp³-hybridized carbons (Fsp3) is 0.818. The maximum atomic E-state index is 3.80. The monoisotopic (exact) mass is 197 g/mol. The molecule has 0 spiro atoms. The molecule has 2 atom stereocenters. The van der Waals surface area contributed by atoms with Gasteiger partial charge in [0.25, 0.3) is 0 Å². The Kier molecular flexibility index (Phi) is 4.58. The highest BCUT2D eigenvalue weighted by Crippen LogP contribution is 2.12. The van der Waals surface area contributed by atoms with Crippen molar-refractivity contribution in [1.82, 2.24) is 15.1 Å². The first-order chi connectivity index (χ1) is 6.69. The Morgan fingerprint density at radius 2 is 2.21 bits per heavy atom. The summed E-state index contributed by atoms with van der Waals surface area (Å²) in [5, 5.41) is 3.26. The SMILES string of the molecule is C=CCN1CC(C)N(C)C(CNC)C1. The van der Waals surface area contributed by atoms with Crippen LogP contribution >= 0.6 is 0 Å². The molecule has 1 fully saturated rings. The number of piperazine rings is 1. The van der Waals surface area contributed by atoms with Gasteiger partial charge in [0.15, 0.2) is 0 Å². The molecule has 14 heavy (non-hydrogen) atoms. The van der Waals surface area contributed by atoms with Crippen molar-refractivity contribution in [3.63, 3.8) is 0 Å². The van der Waals surface area contributed by atoms with Crippen molar-refractivity contribution in [3.05, 3.63) is 12.7 Å². The molecule has 1 aliphatic heterocycles. The van der Waals surface area contributed by atoms with Gasteiger partial charge in [-0.05, 0) is 21.0 Å². The first-order valence-electron chi connectivity index (χ1n) is 5.38. The maximum absolute atomic E-state index is 3.80. The Balaban J connectivity index is 2.51. The van der Waals surface area contributed by atoms with Crippen LogP contribution in [-0.4, -0.2) is 62.2 Å². The van der Waals surface area contributed by atoms with Gasteiger partial charge in [-0.3, -0.25) is 9.80 Å². The zero-order valence-corrected chi connectivity index (χ0v) is 9.66. The predicted octanol–water partition coefficient (Wildman–Crippen LogP) is 0.396. The number of hydrogen-bond donors (Lipinski definition) is 1. The molecule has 0 aromatic rings. The van der Waals surface area contributed by atoms with E-state index >= 15 is 0 Å². The van der Waals surface area contributed by atoms with Crippen LogP contribution < -0.4 is 5.32 Å². The van der Waals surface area contributed by atoms with Crippen molar-refractivity contribution >= 4 is 0 Å². The number of likely N-dealkylation sites (N-methyl/N-ethyl adjacent to an activating group) is 2. The van der Waals surface area contributed by atoms with Crippen LogP contribution in [0.5, 0.6) is 0 Å². The fourth-order valence-corrected chi connectivity index (χ4v) is 2.14. The van der Waals surface area contributed by atoms with Gasteiger partial charge in [0.05, 0.1) is 0 Å². The summed E-state index contributed by atoms with van der Waals surface area (Å²) in [5.41, 5.74) is 0. The normalized spacial score (nSPS) is 30.5. The Labute approximate surface area is 87.8 Å². The first kappa shape index (κ1) is 11.7. The minimum atomic E-state index is 0.628. The van der Waals surface area contributed by atoms with Gasteiger partial charge in [0.1, 0.15) is 0 Å². The largest absolute Gasteiger partial charge is 0.318 e. The van der Waals surface area contributed by atoms with E-state index in [0.29, 0.717) is 12.1 Å². The lowest BCUT2D eigenvalue weighted by atomic mass is 10.1. The molecule has 0 aromatic heterocycles. The molecule has 1 heterocycles. The van der Waals surface area contributed by atoms with Crippen molar-refractivity contribution in [2.24, 2.45) is 0 Å². The van der Waals surface area contributed by atoms with E-state index in [1.807, 2.05) is 13.1 Å². The molecule has 0 bridgehead atoms. The van der Waals surface area contributed by atoms with Gasteiger partial charge in [-0.25, -0.2) is 0 Å². The molecular weight excluding hydrogens is 174 g/mol. The van der Waals surface area contributed by atoms with Crippen molar-refractivity contribution in [1.29, 1.82) is 0 Å². The summed E-state index contributed by atoms with van der Waals surface area (Å²) in [4.78, 5) is 4.94. The molecule has 1 rings (SSSR count). The van der Waals surface area contributed by atoms with E-state index in [9.17, 15) is 0 Å². The lowest BCUT2D eigenvalue weighted by molar-refractivity contribution is 0.0591. The van der Waals surface area contributed by atoms with Crippen LogP contribution in [0.15, 0.2) is 12.7 Å². The van der Waals surface area contributed by atoms with E-state index < -0.39 is 0 Å². The molecule has 3 heteroatoms. The van der Waals surface area contributed by atoms with Crippen molar-refractivity contribution in [3.8, 4) is 0 Å². The summed E-state index contributed by atoms with van der Waals surface area (Å²) < 4.78 is 0. The third-order valence-electron chi connectivity index (χ3n) is 3.09. The summed E-state index contributed by atoms with van der Waals surface area (Å²) in [6.07, 6.45) is 1.99. The molecule has 3 nitrogen and oxygen atoms in total. The van der Waals surface area contributed by atoms with Crippen LogP contribution in [0.2, 0.25) is 0 Å². The summed E-state index contributed by atoms with van der Waals surface area (Å²) in [5.74, 6) is 0. The Morgan fingerprint density at radius 1 is 1.50 bits per heavy atom. The van der Waals surface area contributed by atoms with Crippen molar-refractivity contribution < 1.29 is 0 Å². The smallest absolute Gasteiger partial charge is 0.0348 e. The van der Waals surface area contributed by atoms with Crippen LogP contribution in [0, 0.1) is 0 Å². The average molecular weight is 197 g/mol. The van der Waals surface area contributed by atoms with Gasteiger partial charge in [-0.2, -0.15) is 0 Å². The standard InChI is InChI=1S/C11H23N3/c1-5-6-14-8-10(2)13(4)11(9-14)7-12-3/h5,10-12H,1,6-9H2,2-4H3. The highest BCUT2D eigenvalue weighted by Gasteiger charge is 2.27. The van der Waals surface area contributed by atoms with E-state index in [-0.39, 0.29) is 0 Å². The third kappa shape index (κ3) is 2.80. The summed E-state index contributed by atoms with van der Waals surface area (Å²) in [6.45, 7) is 10.5. The number of rotatable bonds is 4. The van der Waals surface area contributed by atoms with Gasteiger partial charge in [0.2, 0.25) is 0 Å². The number of hydrogen-bond acceptors (Lipinski definition) is 3. The molecule has 0 saturated carbocycles. The quantitative estimate of drug-likeness (QED) is 0.658. The molecule has 0 aliphatic carbocycles. The van der Waals surface area contributed by atoms with Crippen LogP contribution in [0.3, 0.4) is 0 Å². The molecule has 2 unspecified atom stereocenters. The molecule has 0 amide bonds. The van der Waals surface area contributed by atoms with Gasteiger partial charge >= 0.3 is 0 Å². The van der Waals surface area contributed by atoms with Gasteiger partial charge < -0.3 is 5.32 Å². The Bertz CT molecular complexity index is 181. The minimum Gasteiger partial charge on any atom is -0.318 e.